The Balaban J connectivity index is 1.63. The van der Waals surface area contributed by atoms with Crippen molar-refractivity contribution in [3.8, 4) is 5.75 Å². The molecule has 0 saturated heterocycles. The number of hydrogen-bond acceptors (Lipinski definition) is 7. The highest BCUT2D eigenvalue weighted by Crippen LogP contribution is 2.29. The molecule has 2 aromatic heterocycles. The Morgan fingerprint density at radius 1 is 1.19 bits per heavy atom. The molecule has 0 fully saturated rings. The van der Waals surface area contributed by atoms with Crippen LogP contribution in [0.1, 0.15) is 44.7 Å². The van der Waals surface area contributed by atoms with Crippen molar-refractivity contribution < 1.29 is 9.53 Å². The number of carbonyl (C=O) groups excluding carboxylic acids is 1. The standard InChI is InChI=1S/C19H22N4O2S2/c1-10-7-6-8-15(11(10)2)25-13(4)18-22-23-19(27-18)21-17(24)9-16-12(3)20-14(5)26-16/h6-8,13H,9H2,1-5H3,(H,21,23,24)/t13-/m1/s1. The number of aromatic nitrogens is 3. The first-order valence-corrected chi connectivity index (χ1v) is 10.3. The van der Waals surface area contributed by atoms with Crippen LogP contribution in [0.5, 0.6) is 5.75 Å². The molecule has 0 spiro atoms. The van der Waals surface area contributed by atoms with Crippen LogP contribution in [0.3, 0.4) is 0 Å². The number of nitrogens with zero attached hydrogens (tertiary/aromatic N) is 3. The number of thiazole rings is 1. The third kappa shape index (κ3) is 4.70. The molecule has 142 valence electrons. The van der Waals surface area contributed by atoms with Gasteiger partial charge in [-0.2, -0.15) is 0 Å². The average Bonchev–Trinajstić information content (AvgIpc) is 3.18. The Hall–Kier alpha value is -2.32. The van der Waals surface area contributed by atoms with Crippen LogP contribution in [0.4, 0.5) is 5.13 Å². The summed E-state index contributed by atoms with van der Waals surface area (Å²) >= 11 is 2.87. The lowest BCUT2D eigenvalue weighted by Crippen LogP contribution is -2.14. The number of hydrogen-bond donors (Lipinski definition) is 1. The molecule has 2 heterocycles. The fraction of sp³-hybridized carbons (Fsp3) is 0.368. The molecular formula is C19H22N4O2S2. The van der Waals surface area contributed by atoms with Crippen LogP contribution in [-0.4, -0.2) is 21.1 Å². The SMILES string of the molecule is Cc1nc(C)c(CC(=O)Nc2nnc([C@@H](C)Oc3cccc(C)c3C)s2)s1. The van der Waals surface area contributed by atoms with Gasteiger partial charge in [-0.1, -0.05) is 23.5 Å². The van der Waals surface area contributed by atoms with Gasteiger partial charge in [0.15, 0.2) is 5.01 Å². The lowest BCUT2D eigenvalue weighted by atomic mass is 10.1. The number of nitrogens with one attached hydrogen (secondary N) is 1. The van der Waals surface area contributed by atoms with Gasteiger partial charge in [-0.25, -0.2) is 4.98 Å². The first kappa shape index (κ1) is 19.4. The van der Waals surface area contributed by atoms with Crippen molar-refractivity contribution in [3.63, 3.8) is 0 Å². The number of rotatable bonds is 6. The van der Waals surface area contributed by atoms with Gasteiger partial charge in [-0.3, -0.25) is 4.79 Å². The van der Waals surface area contributed by atoms with E-state index in [1.54, 1.807) is 11.3 Å². The Morgan fingerprint density at radius 2 is 1.96 bits per heavy atom. The third-order valence-corrected chi connectivity index (χ3v) is 6.29. The van der Waals surface area contributed by atoms with Crippen LogP contribution < -0.4 is 10.1 Å². The molecule has 0 aliphatic rings. The number of carbonyl (C=O) groups is 1. The van der Waals surface area contributed by atoms with E-state index in [0.717, 1.165) is 31.9 Å². The van der Waals surface area contributed by atoms with Gasteiger partial charge in [0.05, 0.1) is 17.1 Å². The van der Waals surface area contributed by atoms with Gasteiger partial charge in [0, 0.05) is 4.88 Å². The summed E-state index contributed by atoms with van der Waals surface area (Å²) in [6.07, 6.45) is 0.0425. The molecule has 0 bridgehead atoms. The van der Waals surface area contributed by atoms with Gasteiger partial charge in [-0.05, 0) is 51.8 Å². The fourth-order valence-electron chi connectivity index (χ4n) is 2.59. The summed E-state index contributed by atoms with van der Waals surface area (Å²) in [5.74, 6) is 0.715. The van der Waals surface area contributed by atoms with Crippen LogP contribution in [0.15, 0.2) is 18.2 Å². The molecule has 0 unspecified atom stereocenters. The molecule has 1 amide bonds. The molecule has 3 rings (SSSR count). The summed E-state index contributed by atoms with van der Waals surface area (Å²) in [6.45, 7) is 9.87. The molecule has 1 N–H and O–H groups in total. The van der Waals surface area contributed by atoms with Crippen molar-refractivity contribution in [3.05, 3.63) is 49.9 Å². The molecular weight excluding hydrogens is 380 g/mol. The number of aryl methyl sites for hydroxylation is 3. The van der Waals surface area contributed by atoms with Crippen LogP contribution >= 0.6 is 22.7 Å². The quantitative estimate of drug-likeness (QED) is 0.654. The van der Waals surface area contributed by atoms with Crippen molar-refractivity contribution in [2.75, 3.05) is 5.32 Å². The van der Waals surface area contributed by atoms with E-state index in [-0.39, 0.29) is 12.0 Å². The van der Waals surface area contributed by atoms with Gasteiger partial charge in [0.2, 0.25) is 11.0 Å². The molecule has 3 aromatic rings. The molecule has 8 heteroatoms. The molecule has 27 heavy (non-hydrogen) atoms. The Labute approximate surface area is 166 Å². The summed E-state index contributed by atoms with van der Waals surface area (Å²) in [5.41, 5.74) is 3.19. The topological polar surface area (TPSA) is 77.0 Å². The second-order valence-electron chi connectivity index (χ2n) is 6.37. The summed E-state index contributed by atoms with van der Waals surface area (Å²) in [4.78, 5) is 17.6. The second-order valence-corrected chi connectivity index (χ2v) is 8.67. The van der Waals surface area contributed by atoms with Gasteiger partial charge < -0.3 is 10.1 Å². The molecule has 1 aromatic carbocycles. The second kappa shape index (κ2) is 8.14. The van der Waals surface area contributed by atoms with Gasteiger partial charge in [0.1, 0.15) is 11.9 Å². The van der Waals surface area contributed by atoms with Gasteiger partial charge in [0.25, 0.3) is 0 Å². The molecule has 0 aliphatic carbocycles. The first-order valence-electron chi connectivity index (χ1n) is 8.62. The van der Waals surface area contributed by atoms with Crippen LogP contribution in [-0.2, 0) is 11.2 Å². The zero-order valence-electron chi connectivity index (χ0n) is 16.0. The van der Waals surface area contributed by atoms with Crippen molar-refractivity contribution in [1.29, 1.82) is 0 Å². The van der Waals surface area contributed by atoms with E-state index < -0.39 is 0 Å². The average molecular weight is 403 g/mol. The van der Waals surface area contributed by atoms with Crippen LogP contribution in [0.25, 0.3) is 0 Å². The van der Waals surface area contributed by atoms with Crippen molar-refractivity contribution in [2.45, 2.75) is 47.1 Å². The van der Waals surface area contributed by atoms with Crippen molar-refractivity contribution >= 4 is 33.7 Å². The predicted octanol–water partition coefficient (Wildman–Crippen LogP) is 4.55. The predicted molar refractivity (Wildman–Crippen MR) is 109 cm³/mol. The minimum Gasteiger partial charge on any atom is -0.483 e. The molecule has 6 nitrogen and oxygen atoms in total. The zero-order chi connectivity index (χ0) is 19.6. The lowest BCUT2D eigenvalue weighted by molar-refractivity contribution is -0.115. The number of anilines is 1. The largest absolute Gasteiger partial charge is 0.483 e. The normalized spacial score (nSPS) is 12.0. The van der Waals surface area contributed by atoms with E-state index >= 15 is 0 Å². The minimum absolute atomic E-state index is 0.118. The van der Waals surface area contributed by atoms with E-state index in [1.807, 2.05) is 39.8 Å². The highest BCUT2D eigenvalue weighted by atomic mass is 32.1. The van der Waals surface area contributed by atoms with Crippen molar-refractivity contribution in [1.82, 2.24) is 15.2 Å². The van der Waals surface area contributed by atoms with E-state index in [1.165, 1.54) is 16.9 Å². The molecule has 0 radical (unpaired) electrons. The smallest absolute Gasteiger partial charge is 0.231 e. The summed E-state index contributed by atoms with van der Waals surface area (Å²) in [5, 5.41) is 13.2. The summed E-state index contributed by atoms with van der Waals surface area (Å²) in [6, 6.07) is 5.97. The lowest BCUT2D eigenvalue weighted by Gasteiger charge is -2.14. The van der Waals surface area contributed by atoms with Gasteiger partial charge >= 0.3 is 0 Å². The fourth-order valence-corrected chi connectivity index (χ4v) is 4.26. The Morgan fingerprint density at radius 3 is 2.67 bits per heavy atom. The van der Waals surface area contributed by atoms with E-state index in [4.69, 9.17) is 4.74 Å². The highest BCUT2D eigenvalue weighted by molar-refractivity contribution is 7.15. The van der Waals surface area contributed by atoms with Gasteiger partial charge in [-0.15, -0.1) is 21.5 Å². The van der Waals surface area contributed by atoms with Crippen LogP contribution in [0, 0.1) is 27.7 Å². The number of ether oxygens (including phenoxy) is 1. The Kier molecular flexibility index (Phi) is 5.86. The number of amides is 1. The first-order chi connectivity index (χ1) is 12.8. The monoisotopic (exact) mass is 402 g/mol. The molecule has 1 atom stereocenters. The maximum Gasteiger partial charge on any atom is 0.231 e. The van der Waals surface area contributed by atoms with E-state index in [9.17, 15) is 4.79 Å². The Bertz CT molecular complexity index is 965. The maximum atomic E-state index is 12.3. The molecule has 0 aliphatic heterocycles. The molecule has 0 saturated carbocycles. The van der Waals surface area contributed by atoms with E-state index in [0.29, 0.717) is 11.6 Å². The number of benzene rings is 1. The highest BCUT2D eigenvalue weighted by Gasteiger charge is 2.17. The van der Waals surface area contributed by atoms with Crippen LogP contribution in [0.2, 0.25) is 0 Å². The maximum absolute atomic E-state index is 12.3. The zero-order valence-corrected chi connectivity index (χ0v) is 17.6. The summed E-state index contributed by atoms with van der Waals surface area (Å²) in [7, 11) is 0. The third-order valence-electron chi connectivity index (χ3n) is 4.21. The summed E-state index contributed by atoms with van der Waals surface area (Å²) < 4.78 is 6.03. The minimum atomic E-state index is -0.250. The van der Waals surface area contributed by atoms with E-state index in [2.05, 4.69) is 33.5 Å². The van der Waals surface area contributed by atoms with Crippen molar-refractivity contribution in [2.24, 2.45) is 0 Å².